The molecule has 0 fully saturated rings. The predicted molar refractivity (Wildman–Crippen MR) is 106 cm³/mol. The van der Waals surface area contributed by atoms with Gasteiger partial charge in [-0.15, -0.1) is 0 Å². The molecule has 26 heavy (non-hydrogen) atoms. The number of anilines is 1. The second-order valence-corrected chi connectivity index (χ2v) is 7.41. The molecule has 1 heterocycles. The molecular weight excluding hydrogens is 342 g/mol. The van der Waals surface area contributed by atoms with Crippen LogP contribution in [0.25, 0.3) is 11.0 Å². The van der Waals surface area contributed by atoms with Crippen molar-refractivity contribution >= 4 is 27.5 Å². The third kappa shape index (κ3) is 3.68. The Morgan fingerprint density at radius 1 is 0.885 bits per heavy atom. The van der Waals surface area contributed by atoms with Gasteiger partial charge >= 0.3 is 0 Å². The van der Waals surface area contributed by atoms with Gasteiger partial charge in [0, 0.05) is 12.2 Å². The van der Waals surface area contributed by atoms with Crippen molar-refractivity contribution in [3.63, 3.8) is 0 Å². The number of benzene rings is 3. The van der Waals surface area contributed by atoms with Crippen LogP contribution in [-0.2, 0) is 23.1 Å². The molecule has 5 heteroatoms. The first-order valence-corrected chi connectivity index (χ1v) is 9.80. The molecule has 0 aliphatic heterocycles. The summed E-state index contributed by atoms with van der Waals surface area (Å²) in [5.74, 6) is 0.414. The van der Waals surface area contributed by atoms with Crippen LogP contribution in [-0.4, -0.2) is 14.2 Å². The fourth-order valence-electron chi connectivity index (χ4n) is 2.86. The van der Waals surface area contributed by atoms with Crippen LogP contribution in [0.15, 0.2) is 84.0 Å². The first kappa shape index (κ1) is 16.5. The smallest absolute Gasteiger partial charge is 0.197 e. The van der Waals surface area contributed by atoms with Crippen molar-refractivity contribution in [1.82, 2.24) is 9.97 Å². The van der Waals surface area contributed by atoms with Gasteiger partial charge in [0.1, 0.15) is 0 Å². The Labute approximate surface area is 154 Å². The van der Waals surface area contributed by atoms with Gasteiger partial charge in [-0.2, -0.15) is 0 Å². The molecule has 0 saturated carbocycles. The molecule has 0 spiro atoms. The van der Waals surface area contributed by atoms with E-state index in [1.54, 1.807) is 0 Å². The highest BCUT2D eigenvalue weighted by Crippen LogP contribution is 2.21. The third-order valence-corrected chi connectivity index (χ3v) is 5.41. The molecule has 2 N–H and O–H groups in total. The molecule has 130 valence electrons. The van der Waals surface area contributed by atoms with E-state index in [1.807, 2.05) is 66.7 Å². The number of H-pyrrole nitrogens is 1. The number of rotatable bonds is 6. The molecule has 1 aromatic heterocycles. The van der Waals surface area contributed by atoms with Gasteiger partial charge in [-0.1, -0.05) is 60.7 Å². The van der Waals surface area contributed by atoms with Gasteiger partial charge in [-0.3, -0.25) is 4.21 Å². The van der Waals surface area contributed by atoms with Gasteiger partial charge in [0.15, 0.2) is 5.16 Å². The van der Waals surface area contributed by atoms with Gasteiger partial charge in [0.2, 0.25) is 0 Å². The molecule has 4 aromatic rings. The first-order valence-electron chi connectivity index (χ1n) is 8.48. The van der Waals surface area contributed by atoms with Crippen LogP contribution in [0, 0.1) is 0 Å². The van der Waals surface area contributed by atoms with E-state index in [1.165, 1.54) is 5.56 Å². The Bertz CT molecular complexity index is 1010. The van der Waals surface area contributed by atoms with Crippen LogP contribution in [0.1, 0.15) is 11.1 Å². The van der Waals surface area contributed by atoms with Gasteiger partial charge in [-0.05, 0) is 29.3 Å². The number of aromatic amines is 1. The van der Waals surface area contributed by atoms with Crippen LogP contribution >= 0.6 is 0 Å². The number of nitrogens with one attached hydrogen (secondary N) is 2. The highest BCUT2D eigenvalue weighted by molar-refractivity contribution is 7.84. The van der Waals surface area contributed by atoms with Crippen LogP contribution in [0.5, 0.6) is 0 Å². The van der Waals surface area contributed by atoms with E-state index in [4.69, 9.17) is 0 Å². The minimum Gasteiger partial charge on any atom is -0.381 e. The van der Waals surface area contributed by atoms with Crippen molar-refractivity contribution in [3.8, 4) is 0 Å². The van der Waals surface area contributed by atoms with Crippen molar-refractivity contribution in [1.29, 1.82) is 0 Å². The minimum absolute atomic E-state index is 0.414. The summed E-state index contributed by atoms with van der Waals surface area (Å²) in [6.45, 7) is 0.731. The highest BCUT2D eigenvalue weighted by atomic mass is 32.2. The van der Waals surface area contributed by atoms with Crippen LogP contribution in [0.3, 0.4) is 0 Å². The molecule has 0 bridgehead atoms. The number of hydrogen-bond donors (Lipinski definition) is 2. The van der Waals surface area contributed by atoms with E-state index < -0.39 is 10.8 Å². The molecule has 0 radical (unpaired) electrons. The first-order chi connectivity index (χ1) is 12.8. The lowest BCUT2D eigenvalue weighted by atomic mass is 10.2. The topological polar surface area (TPSA) is 57.8 Å². The zero-order chi connectivity index (χ0) is 17.8. The number of nitrogens with zero attached hydrogens (tertiary/aromatic N) is 1. The lowest BCUT2D eigenvalue weighted by molar-refractivity contribution is 0.677. The standard InChI is InChI=1S/C21H19N3OS/c25-26(21-23-19-12-6-7-13-20(19)24-21)15-17-10-4-5-11-18(17)22-14-16-8-2-1-3-9-16/h1-13,22H,14-15H2,(H,23,24). The quantitative estimate of drug-likeness (QED) is 0.532. The summed E-state index contributed by atoms with van der Waals surface area (Å²) in [6.07, 6.45) is 0. The van der Waals surface area contributed by atoms with E-state index in [9.17, 15) is 4.21 Å². The fraction of sp³-hybridized carbons (Fsp3) is 0.0952. The van der Waals surface area contributed by atoms with Crippen molar-refractivity contribution in [2.24, 2.45) is 0 Å². The maximum atomic E-state index is 12.8. The molecule has 1 atom stereocenters. The minimum atomic E-state index is -1.23. The average Bonchev–Trinajstić information content (AvgIpc) is 3.12. The summed E-state index contributed by atoms with van der Waals surface area (Å²) < 4.78 is 12.8. The van der Waals surface area contributed by atoms with Crippen LogP contribution in [0.2, 0.25) is 0 Å². The highest BCUT2D eigenvalue weighted by Gasteiger charge is 2.12. The van der Waals surface area contributed by atoms with Gasteiger partial charge < -0.3 is 10.3 Å². The summed E-state index contributed by atoms with van der Waals surface area (Å²) in [5, 5.41) is 3.97. The Morgan fingerprint density at radius 3 is 2.46 bits per heavy atom. The molecule has 0 amide bonds. The van der Waals surface area contributed by atoms with Gasteiger partial charge in [-0.25, -0.2) is 4.98 Å². The lowest BCUT2D eigenvalue weighted by Gasteiger charge is -2.11. The molecule has 1 unspecified atom stereocenters. The second-order valence-electron chi connectivity index (χ2n) is 6.05. The zero-order valence-electron chi connectivity index (χ0n) is 14.2. The average molecular weight is 361 g/mol. The number of para-hydroxylation sites is 3. The predicted octanol–water partition coefficient (Wildman–Crippen LogP) is 4.48. The number of fused-ring (bicyclic) bond motifs is 1. The number of aromatic nitrogens is 2. The maximum absolute atomic E-state index is 12.8. The summed E-state index contributed by atoms with van der Waals surface area (Å²) in [4.78, 5) is 7.62. The molecule has 0 aliphatic rings. The van der Waals surface area contributed by atoms with Crippen molar-refractivity contribution in [2.75, 3.05) is 5.32 Å². The Morgan fingerprint density at radius 2 is 1.62 bits per heavy atom. The van der Waals surface area contributed by atoms with E-state index >= 15 is 0 Å². The Balaban J connectivity index is 1.51. The molecule has 0 aliphatic carbocycles. The van der Waals surface area contributed by atoms with Crippen LogP contribution < -0.4 is 5.32 Å². The SMILES string of the molecule is O=S(Cc1ccccc1NCc1ccccc1)c1nc2ccccc2[nH]1. The van der Waals surface area contributed by atoms with Crippen LogP contribution in [0.4, 0.5) is 5.69 Å². The summed E-state index contributed by atoms with van der Waals surface area (Å²) >= 11 is 0. The number of imidazole rings is 1. The molecule has 0 saturated heterocycles. The Kier molecular flexibility index (Phi) is 4.80. The molecule has 4 rings (SSSR count). The van der Waals surface area contributed by atoms with Crippen molar-refractivity contribution in [2.45, 2.75) is 17.5 Å². The normalized spacial score (nSPS) is 12.2. The largest absolute Gasteiger partial charge is 0.381 e. The van der Waals surface area contributed by atoms with Crippen molar-refractivity contribution in [3.05, 3.63) is 90.0 Å². The summed E-state index contributed by atoms with van der Waals surface area (Å²) in [7, 11) is -1.23. The fourth-order valence-corrected chi connectivity index (χ4v) is 3.95. The van der Waals surface area contributed by atoms with Gasteiger partial charge in [0.05, 0.1) is 27.6 Å². The molecule has 3 aromatic carbocycles. The Hall–Kier alpha value is -2.92. The van der Waals surface area contributed by atoms with Gasteiger partial charge in [0.25, 0.3) is 0 Å². The maximum Gasteiger partial charge on any atom is 0.197 e. The van der Waals surface area contributed by atoms with E-state index in [-0.39, 0.29) is 0 Å². The third-order valence-electron chi connectivity index (χ3n) is 4.21. The summed E-state index contributed by atoms with van der Waals surface area (Å²) in [5.41, 5.74) is 4.97. The number of hydrogen-bond acceptors (Lipinski definition) is 3. The van der Waals surface area contributed by atoms with E-state index in [0.717, 1.165) is 28.8 Å². The molecule has 4 nitrogen and oxygen atoms in total. The lowest BCUT2D eigenvalue weighted by Crippen LogP contribution is -2.05. The van der Waals surface area contributed by atoms with Crippen molar-refractivity contribution < 1.29 is 4.21 Å². The molecular formula is C21H19N3OS. The van der Waals surface area contributed by atoms with E-state index in [2.05, 4.69) is 27.4 Å². The monoisotopic (exact) mass is 361 g/mol. The van der Waals surface area contributed by atoms with E-state index in [0.29, 0.717) is 10.9 Å². The zero-order valence-corrected chi connectivity index (χ0v) is 15.0. The second kappa shape index (κ2) is 7.54. The summed E-state index contributed by atoms with van der Waals surface area (Å²) in [6, 6.07) is 26.0.